The fraction of sp³-hybridized carbons (Fsp3) is 0.235. The molecular formula is C17H18ClFN2O2. The van der Waals surface area contributed by atoms with Crippen LogP contribution < -0.4 is 10.6 Å². The van der Waals surface area contributed by atoms with Crippen LogP contribution in [0.4, 0.5) is 9.18 Å². The maximum Gasteiger partial charge on any atom is 0.315 e. The van der Waals surface area contributed by atoms with Gasteiger partial charge in [-0.05, 0) is 24.6 Å². The van der Waals surface area contributed by atoms with E-state index in [4.69, 9.17) is 11.6 Å². The van der Waals surface area contributed by atoms with Gasteiger partial charge in [-0.15, -0.1) is 0 Å². The van der Waals surface area contributed by atoms with E-state index in [0.717, 1.165) is 5.56 Å². The summed E-state index contributed by atoms with van der Waals surface area (Å²) in [4.78, 5) is 12.1. The molecule has 0 heterocycles. The van der Waals surface area contributed by atoms with Crippen molar-refractivity contribution in [3.05, 3.63) is 70.5 Å². The van der Waals surface area contributed by atoms with Crippen molar-refractivity contribution in [3.63, 3.8) is 0 Å². The zero-order valence-corrected chi connectivity index (χ0v) is 13.3. The highest BCUT2D eigenvalue weighted by molar-refractivity contribution is 6.31. The predicted molar refractivity (Wildman–Crippen MR) is 87.8 cm³/mol. The fourth-order valence-electron chi connectivity index (χ4n) is 2.31. The summed E-state index contributed by atoms with van der Waals surface area (Å²) in [5.74, 6) is -0.480. The number of urea groups is 1. The second-order valence-corrected chi connectivity index (χ2v) is 5.53. The van der Waals surface area contributed by atoms with E-state index in [1.165, 1.54) is 12.1 Å². The van der Waals surface area contributed by atoms with Gasteiger partial charge in [-0.3, -0.25) is 0 Å². The van der Waals surface area contributed by atoms with Gasteiger partial charge in [0.25, 0.3) is 0 Å². The Morgan fingerprint density at radius 3 is 2.48 bits per heavy atom. The van der Waals surface area contributed by atoms with Crippen LogP contribution in [0.2, 0.25) is 5.02 Å². The van der Waals surface area contributed by atoms with Gasteiger partial charge >= 0.3 is 6.03 Å². The van der Waals surface area contributed by atoms with Crippen molar-refractivity contribution in [1.29, 1.82) is 0 Å². The molecule has 122 valence electrons. The average molecular weight is 337 g/mol. The lowest BCUT2D eigenvalue weighted by atomic mass is 10.1. The summed E-state index contributed by atoms with van der Waals surface area (Å²) in [6.07, 6.45) is 0. The van der Waals surface area contributed by atoms with Crippen LogP contribution >= 0.6 is 11.6 Å². The Labute approximate surface area is 139 Å². The number of rotatable bonds is 5. The largest absolute Gasteiger partial charge is 0.394 e. The normalized spacial score (nSPS) is 13.2. The zero-order chi connectivity index (χ0) is 16.8. The summed E-state index contributed by atoms with van der Waals surface area (Å²) < 4.78 is 13.8. The number of benzene rings is 2. The Kier molecular flexibility index (Phi) is 5.96. The molecule has 0 fully saturated rings. The van der Waals surface area contributed by atoms with Crippen molar-refractivity contribution in [2.24, 2.45) is 0 Å². The molecule has 4 nitrogen and oxygen atoms in total. The summed E-state index contributed by atoms with van der Waals surface area (Å²) in [6, 6.07) is 11.8. The lowest BCUT2D eigenvalue weighted by molar-refractivity contribution is 0.214. The third kappa shape index (κ3) is 4.43. The first-order valence-corrected chi connectivity index (χ1v) is 7.57. The van der Waals surface area contributed by atoms with Gasteiger partial charge in [-0.2, -0.15) is 0 Å². The van der Waals surface area contributed by atoms with E-state index in [1.807, 2.05) is 18.2 Å². The quantitative estimate of drug-likeness (QED) is 0.781. The summed E-state index contributed by atoms with van der Waals surface area (Å²) in [5, 5.41) is 15.0. The Morgan fingerprint density at radius 2 is 1.87 bits per heavy atom. The molecule has 2 aromatic rings. The third-order valence-corrected chi connectivity index (χ3v) is 3.80. The lowest BCUT2D eigenvalue weighted by Gasteiger charge is -2.21. The predicted octanol–water partition coefficient (Wildman–Crippen LogP) is 3.57. The van der Waals surface area contributed by atoms with Crippen LogP contribution in [0.3, 0.4) is 0 Å². The Bertz CT molecular complexity index is 647. The molecule has 1 unspecified atom stereocenters. The van der Waals surface area contributed by atoms with E-state index in [0.29, 0.717) is 0 Å². The third-order valence-electron chi connectivity index (χ3n) is 3.47. The first-order valence-electron chi connectivity index (χ1n) is 7.19. The van der Waals surface area contributed by atoms with Gasteiger partial charge in [-0.1, -0.05) is 48.0 Å². The fourth-order valence-corrected chi connectivity index (χ4v) is 2.64. The number of hydrogen-bond acceptors (Lipinski definition) is 2. The van der Waals surface area contributed by atoms with Gasteiger partial charge in [-0.25, -0.2) is 9.18 Å². The molecule has 23 heavy (non-hydrogen) atoms. The van der Waals surface area contributed by atoms with Crippen LogP contribution in [0.5, 0.6) is 0 Å². The molecule has 0 bridgehead atoms. The number of carbonyl (C=O) groups excluding carboxylic acids is 1. The maximum absolute atomic E-state index is 13.8. The minimum atomic E-state index is -0.612. The number of aliphatic hydroxyl groups excluding tert-OH is 1. The Morgan fingerprint density at radius 1 is 1.17 bits per heavy atom. The van der Waals surface area contributed by atoms with Crippen LogP contribution in [0.15, 0.2) is 48.5 Å². The number of nitrogens with one attached hydrogen (secondary N) is 2. The molecule has 3 N–H and O–H groups in total. The minimum absolute atomic E-state index is 0.226. The monoisotopic (exact) mass is 336 g/mol. The number of aliphatic hydroxyl groups is 1. The Hall–Kier alpha value is -2.11. The van der Waals surface area contributed by atoms with Crippen molar-refractivity contribution >= 4 is 17.6 Å². The first kappa shape index (κ1) is 17.2. The van der Waals surface area contributed by atoms with E-state index >= 15 is 0 Å². The summed E-state index contributed by atoms with van der Waals surface area (Å²) >= 11 is 5.99. The molecule has 0 aromatic heterocycles. The average Bonchev–Trinajstić information content (AvgIpc) is 2.53. The van der Waals surface area contributed by atoms with E-state index in [1.54, 1.807) is 25.1 Å². The molecule has 2 rings (SSSR count). The molecule has 0 radical (unpaired) electrons. The highest BCUT2D eigenvalue weighted by atomic mass is 35.5. The maximum atomic E-state index is 13.8. The molecule has 0 saturated heterocycles. The topological polar surface area (TPSA) is 61.4 Å². The summed E-state index contributed by atoms with van der Waals surface area (Å²) in [7, 11) is 0. The number of halogens is 2. The molecule has 0 aliphatic heterocycles. The molecule has 0 aliphatic rings. The number of amides is 2. The molecule has 0 spiro atoms. The van der Waals surface area contributed by atoms with Crippen molar-refractivity contribution in [2.45, 2.75) is 19.0 Å². The molecule has 6 heteroatoms. The minimum Gasteiger partial charge on any atom is -0.394 e. The van der Waals surface area contributed by atoms with Gasteiger partial charge in [0.1, 0.15) is 5.82 Å². The smallest absolute Gasteiger partial charge is 0.315 e. The van der Waals surface area contributed by atoms with E-state index in [9.17, 15) is 14.3 Å². The highest BCUT2D eigenvalue weighted by Crippen LogP contribution is 2.25. The van der Waals surface area contributed by atoms with E-state index in [2.05, 4.69) is 10.6 Å². The van der Waals surface area contributed by atoms with Crippen LogP contribution in [0, 0.1) is 5.82 Å². The van der Waals surface area contributed by atoms with Crippen molar-refractivity contribution in [1.82, 2.24) is 10.6 Å². The highest BCUT2D eigenvalue weighted by Gasteiger charge is 2.19. The van der Waals surface area contributed by atoms with E-state index < -0.39 is 23.9 Å². The van der Waals surface area contributed by atoms with Gasteiger partial charge in [0.2, 0.25) is 0 Å². The van der Waals surface area contributed by atoms with Gasteiger partial charge in [0.05, 0.1) is 18.7 Å². The molecule has 2 atom stereocenters. The SMILES string of the molecule is CC(NC(=O)N[C@H](CO)c1ccccc1)c1c(F)cccc1Cl. The molecule has 0 saturated carbocycles. The lowest BCUT2D eigenvalue weighted by Crippen LogP contribution is -2.40. The zero-order valence-electron chi connectivity index (χ0n) is 12.6. The molecule has 2 amide bonds. The standard InChI is InChI=1S/C17H18ClFN2O2/c1-11(16-13(18)8-5-9-14(16)19)20-17(23)21-15(10-22)12-6-3-2-4-7-12/h2-9,11,15,22H,10H2,1H3,(H2,20,21,23)/t11?,15-/m1/s1. The van der Waals surface area contributed by atoms with E-state index in [-0.39, 0.29) is 17.2 Å². The molecular weight excluding hydrogens is 319 g/mol. The number of carbonyl (C=O) groups is 1. The van der Waals surface area contributed by atoms with Gasteiger partial charge in [0.15, 0.2) is 0 Å². The van der Waals surface area contributed by atoms with Crippen molar-refractivity contribution in [2.75, 3.05) is 6.61 Å². The van der Waals surface area contributed by atoms with Crippen LogP contribution in [-0.4, -0.2) is 17.7 Å². The molecule has 0 aliphatic carbocycles. The number of hydrogen-bond donors (Lipinski definition) is 3. The Balaban J connectivity index is 2.04. The molecule has 2 aromatic carbocycles. The van der Waals surface area contributed by atoms with Gasteiger partial charge in [0, 0.05) is 10.6 Å². The van der Waals surface area contributed by atoms with Crippen LogP contribution in [0.1, 0.15) is 30.1 Å². The van der Waals surface area contributed by atoms with Crippen molar-refractivity contribution < 1.29 is 14.3 Å². The van der Waals surface area contributed by atoms with Crippen LogP contribution in [0.25, 0.3) is 0 Å². The second kappa shape index (κ2) is 7.94. The first-order chi connectivity index (χ1) is 11.0. The second-order valence-electron chi connectivity index (χ2n) is 5.12. The summed E-state index contributed by atoms with van der Waals surface area (Å²) in [5.41, 5.74) is 1.01. The van der Waals surface area contributed by atoms with Gasteiger partial charge < -0.3 is 15.7 Å². The van der Waals surface area contributed by atoms with Crippen LogP contribution in [-0.2, 0) is 0 Å². The van der Waals surface area contributed by atoms with Crippen molar-refractivity contribution in [3.8, 4) is 0 Å². The summed E-state index contributed by atoms with van der Waals surface area (Å²) in [6.45, 7) is 1.40.